The van der Waals surface area contributed by atoms with Gasteiger partial charge in [-0.15, -0.1) is 11.3 Å². The minimum atomic E-state index is -0.816. The van der Waals surface area contributed by atoms with Gasteiger partial charge in [-0.25, -0.2) is 4.99 Å². The summed E-state index contributed by atoms with van der Waals surface area (Å²) in [7, 11) is 0. The molecule has 0 aliphatic carbocycles. The Kier molecular flexibility index (Phi) is 7.47. The van der Waals surface area contributed by atoms with Crippen molar-refractivity contribution in [3.8, 4) is 0 Å². The summed E-state index contributed by atoms with van der Waals surface area (Å²) in [4.78, 5) is 16.6. The molecule has 0 spiro atoms. The van der Waals surface area contributed by atoms with Gasteiger partial charge in [0.15, 0.2) is 5.96 Å². The molecule has 0 unspecified atom stereocenters. The fourth-order valence-electron chi connectivity index (χ4n) is 2.17. The van der Waals surface area contributed by atoms with Crippen molar-refractivity contribution in [3.05, 3.63) is 57.8 Å². The maximum atomic E-state index is 10.7. The van der Waals surface area contributed by atoms with Gasteiger partial charge >= 0.3 is 5.97 Å². The lowest BCUT2D eigenvalue weighted by Crippen LogP contribution is -2.38. The predicted molar refractivity (Wildman–Crippen MR) is 103 cm³/mol. The highest BCUT2D eigenvalue weighted by atomic mass is 32.1. The van der Waals surface area contributed by atoms with Crippen LogP contribution in [-0.4, -0.2) is 23.6 Å². The van der Waals surface area contributed by atoms with Crippen LogP contribution in [0.2, 0.25) is 0 Å². The number of thiophene rings is 1. The molecule has 134 valence electrons. The van der Waals surface area contributed by atoms with E-state index in [1.54, 1.807) is 11.3 Å². The van der Waals surface area contributed by atoms with Gasteiger partial charge in [-0.05, 0) is 28.5 Å². The van der Waals surface area contributed by atoms with Crippen molar-refractivity contribution < 1.29 is 9.90 Å². The molecule has 1 aromatic heterocycles. The molecule has 0 atom stereocenters. The van der Waals surface area contributed by atoms with Crippen LogP contribution in [0.3, 0.4) is 0 Å². The molecule has 6 heteroatoms. The summed E-state index contributed by atoms with van der Waals surface area (Å²) in [5, 5.41) is 17.6. The van der Waals surface area contributed by atoms with Crippen LogP contribution < -0.4 is 10.6 Å². The molecule has 1 aromatic carbocycles. The Hall–Kier alpha value is -2.34. The number of rotatable bonds is 8. The highest BCUT2D eigenvalue weighted by molar-refractivity contribution is 7.09. The van der Waals surface area contributed by atoms with Crippen molar-refractivity contribution in [3.63, 3.8) is 0 Å². The normalized spacial score (nSPS) is 11.6. The average molecular weight is 359 g/mol. The first-order valence-electron chi connectivity index (χ1n) is 8.37. The highest BCUT2D eigenvalue weighted by Crippen LogP contribution is 2.08. The molecule has 3 N–H and O–H groups in total. The average Bonchev–Trinajstić information content (AvgIpc) is 3.08. The Morgan fingerprint density at radius 1 is 1.16 bits per heavy atom. The van der Waals surface area contributed by atoms with E-state index < -0.39 is 5.97 Å². The van der Waals surface area contributed by atoms with Crippen LogP contribution in [0.15, 0.2) is 46.8 Å². The third kappa shape index (κ3) is 7.39. The van der Waals surface area contributed by atoms with Crippen molar-refractivity contribution in [1.82, 2.24) is 10.6 Å². The highest BCUT2D eigenvalue weighted by Gasteiger charge is 2.03. The Balaban J connectivity index is 1.95. The smallest absolute Gasteiger partial charge is 0.307 e. The summed E-state index contributed by atoms with van der Waals surface area (Å²) in [6.45, 7) is 6.47. The predicted octanol–water partition coefficient (Wildman–Crippen LogP) is 3.27. The van der Waals surface area contributed by atoms with Crippen molar-refractivity contribution in [2.24, 2.45) is 10.9 Å². The molecular weight excluding hydrogens is 334 g/mol. The fourth-order valence-corrected chi connectivity index (χ4v) is 2.81. The number of hydrogen-bond acceptors (Lipinski definition) is 3. The standard InChI is InChI=1S/C19H25N3O2S/c1-14(2)11-20-19(22-13-17-4-3-9-25-17)21-12-16-7-5-15(6-8-16)10-18(23)24/h3-9,14H,10-13H2,1-2H3,(H,23,24)(H2,20,21,22). The largest absolute Gasteiger partial charge is 0.481 e. The van der Waals surface area contributed by atoms with Crippen LogP contribution >= 0.6 is 11.3 Å². The summed E-state index contributed by atoms with van der Waals surface area (Å²) in [5.41, 5.74) is 1.85. The van der Waals surface area contributed by atoms with Crippen LogP contribution in [0.1, 0.15) is 29.9 Å². The molecular formula is C19H25N3O2S. The first kappa shape index (κ1) is 19.0. The molecule has 2 rings (SSSR count). The van der Waals surface area contributed by atoms with Gasteiger partial charge in [0.2, 0.25) is 0 Å². The van der Waals surface area contributed by atoms with Gasteiger partial charge in [0, 0.05) is 11.4 Å². The fraction of sp³-hybridized carbons (Fsp3) is 0.368. The van der Waals surface area contributed by atoms with Crippen molar-refractivity contribution in [2.45, 2.75) is 33.4 Å². The van der Waals surface area contributed by atoms with E-state index >= 15 is 0 Å². The van der Waals surface area contributed by atoms with E-state index in [9.17, 15) is 4.79 Å². The Morgan fingerprint density at radius 3 is 2.48 bits per heavy atom. The van der Waals surface area contributed by atoms with E-state index in [0.717, 1.165) is 30.2 Å². The van der Waals surface area contributed by atoms with Gasteiger partial charge in [0.1, 0.15) is 0 Å². The van der Waals surface area contributed by atoms with Crippen LogP contribution in [0, 0.1) is 5.92 Å². The number of guanidine groups is 1. The number of carbonyl (C=O) groups is 1. The van der Waals surface area contributed by atoms with Gasteiger partial charge in [0.25, 0.3) is 0 Å². The minimum absolute atomic E-state index is 0.0487. The number of aliphatic imine (C=N–C) groups is 1. The van der Waals surface area contributed by atoms with E-state index in [4.69, 9.17) is 5.11 Å². The van der Waals surface area contributed by atoms with Crippen LogP contribution in [-0.2, 0) is 24.3 Å². The van der Waals surface area contributed by atoms with Gasteiger partial charge in [-0.1, -0.05) is 44.2 Å². The first-order chi connectivity index (χ1) is 12.0. The van der Waals surface area contributed by atoms with E-state index in [1.165, 1.54) is 4.88 Å². The lowest BCUT2D eigenvalue weighted by Gasteiger charge is -2.14. The molecule has 0 aliphatic rings. The number of benzene rings is 1. The van der Waals surface area contributed by atoms with Crippen LogP contribution in [0.5, 0.6) is 0 Å². The molecule has 0 saturated heterocycles. The van der Waals surface area contributed by atoms with Gasteiger partial charge in [0.05, 0.1) is 19.5 Å². The molecule has 0 saturated carbocycles. The molecule has 25 heavy (non-hydrogen) atoms. The zero-order chi connectivity index (χ0) is 18.1. The van der Waals surface area contributed by atoms with E-state index in [1.807, 2.05) is 30.3 Å². The third-order valence-corrected chi connectivity index (χ3v) is 4.36. The van der Waals surface area contributed by atoms with Crippen molar-refractivity contribution >= 4 is 23.3 Å². The van der Waals surface area contributed by atoms with Gasteiger partial charge in [-0.2, -0.15) is 0 Å². The first-order valence-corrected chi connectivity index (χ1v) is 9.25. The van der Waals surface area contributed by atoms with Crippen LogP contribution in [0.4, 0.5) is 0 Å². The number of nitrogens with one attached hydrogen (secondary N) is 2. The number of aliphatic carboxylic acids is 1. The summed E-state index contributed by atoms with van der Waals surface area (Å²) in [5.74, 6) is 0.504. The summed E-state index contributed by atoms with van der Waals surface area (Å²) < 4.78 is 0. The number of carboxylic acid groups (broad SMARTS) is 1. The maximum Gasteiger partial charge on any atom is 0.307 e. The van der Waals surface area contributed by atoms with Gasteiger partial charge < -0.3 is 15.7 Å². The quantitative estimate of drug-likeness (QED) is 0.500. The molecule has 0 bridgehead atoms. The number of carboxylic acids is 1. The molecule has 5 nitrogen and oxygen atoms in total. The SMILES string of the molecule is CC(C)CNC(=NCc1ccc(CC(=O)O)cc1)NCc1cccs1. The Bertz CT molecular complexity index is 679. The van der Waals surface area contributed by atoms with E-state index in [2.05, 4.69) is 40.9 Å². The second kappa shape index (κ2) is 9.84. The lowest BCUT2D eigenvalue weighted by molar-refractivity contribution is -0.136. The van der Waals surface area contributed by atoms with E-state index in [-0.39, 0.29) is 6.42 Å². The monoisotopic (exact) mass is 359 g/mol. The van der Waals surface area contributed by atoms with Crippen LogP contribution in [0.25, 0.3) is 0 Å². The van der Waals surface area contributed by atoms with E-state index in [0.29, 0.717) is 12.5 Å². The molecule has 1 heterocycles. The number of hydrogen-bond donors (Lipinski definition) is 3. The van der Waals surface area contributed by atoms with Crippen molar-refractivity contribution in [1.29, 1.82) is 0 Å². The summed E-state index contributed by atoms with van der Waals surface area (Å²) >= 11 is 1.72. The summed E-state index contributed by atoms with van der Waals surface area (Å²) in [6.07, 6.45) is 0.0487. The Labute approximate surface area is 152 Å². The molecule has 2 aromatic rings. The number of nitrogens with zero attached hydrogens (tertiary/aromatic N) is 1. The second-order valence-electron chi connectivity index (χ2n) is 6.26. The van der Waals surface area contributed by atoms with Crippen molar-refractivity contribution in [2.75, 3.05) is 6.54 Å². The topological polar surface area (TPSA) is 73.7 Å². The Morgan fingerprint density at radius 2 is 1.88 bits per heavy atom. The maximum absolute atomic E-state index is 10.7. The van der Waals surface area contributed by atoms with Gasteiger partial charge in [-0.3, -0.25) is 4.79 Å². The zero-order valence-corrected chi connectivity index (χ0v) is 15.5. The zero-order valence-electron chi connectivity index (χ0n) is 14.7. The minimum Gasteiger partial charge on any atom is -0.481 e. The molecule has 0 fully saturated rings. The molecule has 0 radical (unpaired) electrons. The lowest BCUT2D eigenvalue weighted by atomic mass is 10.1. The molecule has 0 aliphatic heterocycles. The molecule has 0 amide bonds. The third-order valence-electron chi connectivity index (χ3n) is 3.49. The second-order valence-corrected chi connectivity index (χ2v) is 7.29. The summed E-state index contributed by atoms with van der Waals surface area (Å²) in [6, 6.07) is 11.7.